The van der Waals surface area contributed by atoms with Crippen LogP contribution in [0.4, 0.5) is 0 Å². The van der Waals surface area contributed by atoms with Crippen LogP contribution < -0.4 is 11.1 Å². The van der Waals surface area contributed by atoms with Crippen molar-refractivity contribution >= 4 is 5.91 Å². The summed E-state index contributed by atoms with van der Waals surface area (Å²) in [7, 11) is 0. The molecule has 3 N–H and O–H groups in total. The van der Waals surface area contributed by atoms with Gasteiger partial charge in [0.25, 0.3) is 0 Å². The number of hydrogen-bond acceptors (Lipinski definition) is 3. The van der Waals surface area contributed by atoms with E-state index in [1.54, 1.807) is 11.8 Å². The molecule has 1 aromatic heterocycles. The number of hydrogen-bond donors (Lipinski definition) is 2. The molecule has 2 aromatic rings. The number of carbonyl (C=O) groups is 1. The van der Waals surface area contributed by atoms with E-state index in [2.05, 4.69) is 62.3 Å². The number of nitrogens with zero attached hydrogens (tertiary/aromatic N) is 1. The van der Waals surface area contributed by atoms with E-state index < -0.39 is 5.91 Å². The summed E-state index contributed by atoms with van der Waals surface area (Å²) in [4.78, 5) is 15.2. The van der Waals surface area contributed by atoms with Gasteiger partial charge in [-0.3, -0.25) is 9.78 Å². The summed E-state index contributed by atoms with van der Waals surface area (Å²) in [5, 5.41) is 3.45. The molecule has 0 radical (unpaired) electrons. The summed E-state index contributed by atoms with van der Waals surface area (Å²) in [5.41, 5.74) is 11.0. The van der Waals surface area contributed by atoms with Crippen molar-refractivity contribution in [1.29, 1.82) is 0 Å². The largest absolute Gasteiger partial charge is 0.366 e. The second kappa shape index (κ2) is 14.1. The van der Waals surface area contributed by atoms with Crippen molar-refractivity contribution in [2.45, 2.75) is 85.0 Å². The van der Waals surface area contributed by atoms with Gasteiger partial charge in [-0.2, -0.15) is 0 Å². The van der Waals surface area contributed by atoms with Crippen molar-refractivity contribution < 1.29 is 4.79 Å². The summed E-state index contributed by atoms with van der Waals surface area (Å²) in [6.07, 6.45) is 10.9. The lowest BCUT2D eigenvalue weighted by Crippen LogP contribution is -2.26. The lowest BCUT2D eigenvalue weighted by molar-refractivity contribution is 0.1000. The van der Waals surface area contributed by atoms with Gasteiger partial charge in [0.1, 0.15) is 0 Å². The van der Waals surface area contributed by atoms with Crippen LogP contribution in [0.15, 0.2) is 36.5 Å². The molecule has 176 valence electrons. The Morgan fingerprint density at radius 3 is 2.53 bits per heavy atom. The van der Waals surface area contributed by atoms with Crippen molar-refractivity contribution in [1.82, 2.24) is 10.3 Å². The topological polar surface area (TPSA) is 68.0 Å². The number of benzene rings is 1. The lowest BCUT2D eigenvalue weighted by Gasteiger charge is -2.23. The first-order valence-corrected chi connectivity index (χ1v) is 12.6. The minimum Gasteiger partial charge on any atom is -0.366 e. The third kappa shape index (κ3) is 8.38. The molecule has 0 saturated carbocycles. The van der Waals surface area contributed by atoms with Gasteiger partial charge in [-0.25, -0.2) is 0 Å². The zero-order chi connectivity index (χ0) is 23.3. The molecule has 0 spiro atoms. The molecule has 1 atom stereocenters. The number of piperidine rings is 1. The Morgan fingerprint density at radius 1 is 1.16 bits per heavy atom. The van der Waals surface area contributed by atoms with Gasteiger partial charge < -0.3 is 11.1 Å². The zero-order valence-corrected chi connectivity index (χ0v) is 20.6. The van der Waals surface area contributed by atoms with Crippen molar-refractivity contribution in [3.63, 3.8) is 0 Å². The molecule has 2 heterocycles. The fourth-order valence-electron chi connectivity index (χ4n) is 4.25. The number of pyridine rings is 1. The fraction of sp³-hybridized carbons (Fsp3) is 0.571. The average Bonchev–Trinajstić information content (AvgIpc) is 2.83. The maximum atomic E-state index is 10.9. The SMILES string of the molecule is CCC(C)CCc1cccc(C2CCNCC2)c1.CCCc1cc(C(N)=O)cnc1CC. The first kappa shape index (κ1) is 26.1. The minimum absolute atomic E-state index is 0.405. The molecule has 1 fully saturated rings. The first-order valence-electron chi connectivity index (χ1n) is 12.6. The molecular weight excluding hydrogens is 394 g/mol. The Balaban J connectivity index is 0.000000235. The Bertz CT molecular complexity index is 827. The zero-order valence-electron chi connectivity index (χ0n) is 20.6. The monoisotopic (exact) mass is 437 g/mol. The Kier molecular flexibility index (Phi) is 11.4. The molecular formula is C28H43N3O. The van der Waals surface area contributed by atoms with Gasteiger partial charge in [0.15, 0.2) is 0 Å². The second-order valence-corrected chi connectivity index (χ2v) is 9.12. The van der Waals surface area contributed by atoms with Gasteiger partial charge in [0.05, 0.1) is 5.56 Å². The highest BCUT2D eigenvalue weighted by atomic mass is 16.1. The van der Waals surface area contributed by atoms with E-state index in [4.69, 9.17) is 5.73 Å². The van der Waals surface area contributed by atoms with Crippen molar-refractivity contribution in [3.8, 4) is 0 Å². The van der Waals surface area contributed by atoms with Gasteiger partial charge in [0, 0.05) is 11.9 Å². The van der Waals surface area contributed by atoms with Gasteiger partial charge in [-0.05, 0) is 86.2 Å². The normalized spacial score (nSPS) is 15.0. The summed E-state index contributed by atoms with van der Waals surface area (Å²) in [6.45, 7) is 11.2. The molecule has 1 unspecified atom stereocenters. The molecule has 1 amide bonds. The number of aromatic nitrogens is 1. The summed E-state index contributed by atoms with van der Waals surface area (Å²) in [5.74, 6) is 1.24. The van der Waals surface area contributed by atoms with Gasteiger partial charge >= 0.3 is 0 Å². The van der Waals surface area contributed by atoms with Gasteiger partial charge in [0.2, 0.25) is 5.91 Å². The highest BCUT2D eigenvalue weighted by molar-refractivity contribution is 5.92. The maximum Gasteiger partial charge on any atom is 0.250 e. The Labute approximate surface area is 195 Å². The number of rotatable bonds is 9. The predicted octanol–water partition coefficient (Wildman–Crippen LogP) is 5.83. The van der Waals surface area contributed by atoms with Crippen LogP contribution in [0.1, 0.15) is 98.5 Å². The van der Waals surface area contributed by atoms with Crippen LogP contribution in [0, 0.1) is 5.92 Å². The average molecular weight is 438 g/mol. The highest BCUT2D eigenvalue weighted by Crippen LogP contribution is 2.26. The number of carbonyl (C=O) groups excluding carboxylic acids is 1. The second-order valence-electron chi connectivity index (χ2n) is 9.12. The molecule has 1 aromatic carbocycles. The summed E-state index contributed by atoms with van der Waals surface area (Å²) >= 11 is 0. The minimum atomic E-state index is -0.405. The highest BCUT2D eigenvalue weighted by Gasteiger charge is 2.15. The molecule has 1 aliphatic rings. The van der Waals surface area contributed by atoms with E-state index in [1.165, 1.54) is 50.8 Å². The molecule has 4 nitrogen and oxygen atoms in total. The van der Waals surface area contributed by atoms with Crippen LogP contribution in [-0.2, 0) is 19.3 Å². The summed E-state index contributed by atoms with van der Waals surface area (Å²) in [6, 6.07) is 11.2. The van der Waals surface area contributed by atoms with E-state index in [0.29, 0.717) is 5.56 Å². The first-order chi connectivity index (χ1) is 15.5. The van der Waals surface area contributed by atoms with Gasteiger partial charge in [-0.15, -0.1) is 0 Å². The number of nitrogens with two attached hydrogens (primary N) is 1. The molecule has 0 bridgehead atoms. The van der Waals surface area contributed by atoms with E-state index in [0.717, 1.165) is 42.4 Å². The smallest absolute Gasteiger partial charge is 0.250 e. The van der Waals surface area contributed by atoms with Crippen molar-refractivity contribution in [3.05, 3.63) is 64.5 Å². The van der Waals surface area contributed by atoms with E-state index in [9.17, 15) is 4.79 Å². The third-order valence-corrected chi connectivity index (χ3v) is 6.58. The fourth-order valence-corrected chi connectivity index (χ4v) is 4.25. The molecule has 1 aliphatic heterocycles. The maximum absolute atomic E-state index is 10.9. The van der Waals surface area contributed by atoms with Crippen molar-refractivity contribution in [2.75, 3.05) is 13.1 Å². The molecule has 32 heavy (non-hydrogen) atoms. The molecule has 1 saturated heterocycles. The van der Waals surface area contributed by atoms with Crippen LogP contribution in [0.5, 0.6) is 0 Å². The predicted molar refractivity (Wildman–Crippen MR) is 135 cm³/mol. The van der Waals surface area contributed by atoms with Crippen LogP contribution in [0.3, 0.4) is 0 Å². The number of nitrogens with one attached hydrogen (secondary N) is 1. The van der Waals surface area contributed by atoms with Crippen LogP contribution in [0.2, 0.25) is 0 Å². The number of amides is 1. The van der Waals surface area contributed by atoms with E-state index in [1.807, 2.05) is 6.07 Å². The Hall–Kier alpha value is -2.20. The van der Waals surface area contributed by atoms with Crippen molar-refractivity contribution in [2.24, 2.45) is 11.7 Å². The third-order valence-electron chi connectivity index (χ3n) is 6.58. The van der Waals surface area contributed by atoms with Crippen LogP contribution in [0.25, 0.3) is 0 Å². The molecule has 0 aliphatic carbocycles. The standard InChI is InChI=1S/C17H27N.C11H16N2O/c1-3-14(2)7-8-15-5-4-6-17(13-15)16-9-11-18-12-10-16;1-3-5-8-6-9(11(12)14)7-13-10(8)4-2/h4-6,13-14,16,18H,3,7-12H2,1-2H3;6-7H,3-5H2,1-2H3,(H2,12,14). The lowest BCUT2D eigenvalue weighted by atomic mass is 9.88. The Morgan fingerprint density at radius 2 is 1.91 bits per heavy atom. The molecule has 3 rings (SSSR count). The number of aryl methyl sites for hydroxylation is 3. The van der Waals surface area contributed by atoms with Crippen LogP contribution >= 0.6 is 0 Å². The van der Waals surface area contributed by atoms with Crippen LogP contribution in [-0.4, -0.2) is 24.0 Å². The number of primary amides is 1. The molecule has 4 heteroatoms. The van der Waals surface area contributed by atoms with E-state index >= 15 is 0 Å². The van der Waals surface area contributed by atoms with E-state index in [-0.39, 0.29) is 0 Å². The summed E-state index contributed by atoms with van der Waals surface area (Å²) < 4.78 is 0. The quantitative estimate of drug-likeness (QED) is 0.519. The van der Waals surface area contributed by atoms with Gasteiger partial charge in [-0.1, -0.05) is 64.8 Å².